The Morgan fingerprint density at radius 1 is 0.656 bits per heavy atom. The molecule has 0 aliphatic heterocycles. The van der Waals surface area contributed by atoms with Crippen molar-refractivity contribution in [3.63, 3.8) is 0 Å². The van der Waals surface area contributed by atoms with E-state index in [1.807, 2.05) is 0 Å². The topological polar surface area (TPSA) is 135 Å². The second kappa shape index (κ2) is 23.8. The van der Waals surface area contributed by atoms with Crippen molar-refractivity contribution in [2.24, 2.45) is 23.3 Å². The summed E-state index contributed by atoms with van der Waals surface area (Å²) < 4.78 is 11.1. The van der Waals surface area contributed by atoms with Gasteiger partial charge in [-0.25, -0.2) is 0 Å². The highest BCUT2D eigenvalue weighted by atomic mass is 16.5. The van der Waals surface area contributed by atoms with Crippen LogP contribution in [-0.4, -0.2) is 88.1 Å². The average molecular weight is 463 g/mol. The molecule has 0 bridgehead atoms. The van der Waals surface area contributed by atoms with Crippen LogP contribution in [0.25, 0.3) is 0 Å². The zero-order chi connectivity index (χ0) is 23.9. The monoisotopic (exact) mass is 462 g/mol. The number of hydrogen-bond donors (Lipinski definition) is 6. The fraction of sp³-hybridized carbons (Fsp3) is 1.00. The zero-order valence-electron chi connectivity index (χ0n) is 20.9. The molecule has 8 heteroatoms. The number of rotatable bonds is 25. The van der Waals surface area contributed by atoms with E-state index in [1.54, 1.807) is 0 Å². The van der Waals surface area contributed by atoms with E-state index in [0.717, 1.165) is 77.5 Å². The summed E-state index contributed by atoms with van der Waals surface area (Å²) in [7, 11) is 0. The van der Waals surface area contributed by atoms with E-state index in [-0.39, 0.29) is 0 Å². The van der Waals surface area contributed by atoms with Crippen LogP contribution >= 0.6 is 0 Å². The standard InChI is InChI=1S/C24H54N4O4/c1-21(15-25)9-7-11-27-17-23(29)19-31-13-5-3-4-6-14-32-20-24(30)18-28-12-8-10-22(2)16-26/h21-24,27-30H,3-20,25-26H2,1-2H3. The highest BCUT2D eigenvalue weighted by Gasteiger charge is 2.05. The first kappa shape index (κ1) is 31.7. The maximum Gasteiger partial charge on any atom is 0.0897 e. The SMILES string of the molecule is CC(CN)CCCNCC(O)COCCCCCCOCC(O)CNCCCC(C)CN. The minimum absolute atomic E-state index is 0.382. The molecule has 0 radical (unpaired) electrons. The van der Waals surface area contributed by atoms with Gasteiger partial charge in [-0.05, 0) is 76.5 Å². The maximum atomic E-state index is 9.91. The highest BCUT2D eigenvalue weighted by Crippen LogP contribution is 2.03. The molecule has 0 aromatic heterocycles. The molecule has 8 nitrogen and oxygen atoms in total. The molecular formula is C24H54N4O4. The fourth-order valence-corrected chi connectivity index (χ4v) is 3.24. The smallest absolute Gasteiger partial charge is 0.0897 e. The third-order valence-corrected chi connectivity index (χ3v) is 5.61. The number of unbranched alkanes of at least 4 members (excludes halogenated alkanes) is 3. The number of nitrogens with two attached hydrogens (primary N) is 2. The number of aliphatic hydroxyl groups is 2. The third kappa shape index (κ3) is 22.9. The van der Waals surface area contributed by atoms with Crippen molar-refractivity contribution in [1.82, 2.24) is 10.6 Å². The largest absolute Gasteiger partial charge is 0.389 e. The first-order chi connectivity index (χ1) is 15.5. The lowest BCUT2D eigenvalue weighted by Crippen LogP contribution is -2.31. The molecule has 0 rings (SSSR count). The quantitative estimate of drug-likeness (QED) is 0.112. The van der Waals surface area contributed by atoms with Crippen LogP contribution < -0.4 is 22.1 Å². The van der Waals surface area contributed by atoms with Crippen molar-refractivity contribution in [3.05, 3.63) is 0 Å². The predicted molar refractivity (Wildman–Crippen MR) is 133 cm³/mol. The van der Waals surface area contributed by atoms with Crippen LogP contribution in [0.5, 0.6) is 0 Å². The van der Waals surface area contributed by atoms with Crippen molar-refractivity contribution in [2.75, 3.05) is 65.7 Å². The van der Waals surface area contributed by atoms with Crippen molar-refractivity contribution in [3.8, 4) is 0 Å². The van der Waals surface area contributed by atoms with Gasteiger partial charge in [-0.15, -0.1) is 0 Å². The van der Waals surface area contributed by atoms with Gasteiger partial charge in [0.15, 0.2) is 0 Å². The van der Waals surface area contributed by atoms with Gasteiger partial charge in [0.25, 0.3) is 0 Å². The highest BCUT2D eigenvalue weighted by molar-refractivity contribution is 4.61. The van der Waals surface area contributed by atoms with Gasteiger partial charge in [0, 0.05) is 26.3 Å². The Hall–Kier alpha value is -0.320. The summed E-state index contributed by atoms with van der Waals surface area (Å²) >= 11 is 0. The second-order valence-electron chi connectivity index (χ2n) is 9.25. The van der Waals surface area contributed by atoms with Gasteiger partial charge < -0.3 is 41.8 Å². The van der Waals surface area contributed by atoms with E-state index >= 15 is 0 Å². The molecule has 0 spiro atoms. The van der Waals surface area contributed by atoms with E-state index in [9.17, 15) is 10.2 Å². The lowest BCUT2D eigenvalue weighted by molar-refractivity contribution is 0.0318. The fourth-order valence-electron chi connectivity index (χ4n) is 3.24. The Morgan fingerprint density at radius 3 is 1.44 bits per heavy atom. The van der Waals surface area contributed by atoms with Crippen LogP contribution in [0, 0.1) is 11.8 Å². The van der Waals surface area contributed by atoms with Crippen LogP contribution in [0.4, 0.5) is 0 Å². The van der Waals surface area contributed by atoms with Crippen LogP contribution in [0.15, 0.2) is 0 Å². The van der Waals surface area contributed by atoms with Crippen molar-refractivity contribution in [2.45, 2.75) is 77.4 Å². The normalized spacial score (nSPS) is 15.6. The summed E-state index contributed by atoms with van der Waals surface area (Å²) in [5.41, 5.74) is 11.2. The number of nitrogens with one attached hydrogen (secondary N) is 2. The second-order valence-corrected chi connectivity index (χ2v) is 9.25. The van der Waals surface area contributed by atoms with Crippen LogP contribution in [0.1, 0.15) is 65.2 Å². The number of aliphatic hydroxyl groups excluding tert-OH is 2. The van der Waals surface area contributed by atoms with E-state index < -0.39 is 12.2 Å². The molecule has 8 N–H and O–H groups in total. The summed E-state index contributed by atoms with van der Waals surface area (Å²) in [4.78, 5) is 0. The first-order valence-corrected chi connectivity index (χ1v) is 12.8. The van der Waals surface area contributed by atoms with E-state index in [2.05, 4.69) is 24.5 Å². The molecule has 0 amide bonds. The molecule has 194 valence electrons. The molecule has 0 aliphatic rings. The number of ether oxygens (including phenoxy) is 2. The van der Waals surface area contributed by atoms with Crippen LogP contribution in [0.2, 0.25) is 0 Å². The minimum atomic E-state index is -0.453. The molecule has 0 saturated heterocycles. The Kier molecular flexibility index (Phi) is 23.6. The van der Waals surface area contributed by atoms with Crippen molar-refractivity contribution in [1.29, 1.82) is 0 Å². The average Bonchev–Trinajstić information content (AvgIpc) is 2.79. The van der Waals surface area contributed by atoms with E-state index in [1.165, 1.54) is 0 Å². The predicted octanol–water partition coefficient (Wildman–Crippen LogP) is 1.23. The Morgan fingerprint density at radius 2 is 1.06 bits per heavy atom. The van der Waals surface area contributed by atoms with Gasteiger partial charge in [0.05, 0.1) is 25.4 Å². The molecule has 0 heterocycles. The Balaban J connectivity index is 3.28. The van der Waals surface area contributed by atoms with Gasteiger partial charge in [-0.2, -0.15) is 0 Å². The van der Waals surface area contributed by atoms with Crippen LogP contribution in [0.3, 0.4) is 0 Å². The first-order valence-electron chi connectivity index (χ1n) is 12.8. The molecule has 0 fully saturated rings. The Labute approximate surface area is 197 Å². The van der Waals surface area contributed by atoms with Gasteiger partial charge >= 0.3 is 0 Å². The molecular weight excluding hydrogens is 408 g/mol. The third-order valence-electron chi connectivity index (χ3n) is 5.61. The molecule has 32 heavy (non-hydrogen) atoms. The zero-order valence-corrected chi connectivity index (χ0v) is 20.9. The lowest BCUT2D eigenvalue weighted by atomic mass is 10.1. The van der Waals surface area contributed by atoms with E-state index in [4.69, 9.17) is 20.9 Å². The minimum Gasteiger partial charge on any atom is -0.389 e. The summed E-state index contributed by atoms with van der Waals surface area (Å²) in [5, 5.41) is 26.3. The molecule has 0 saturated carbocycles. The van der Waals surface area contributed by atoms with Crippen molar-refractivity contribution >= 4 is 0 Å². The summed E-state index contributed by atoms with van der Waals surface area (Å²) in [6.07, 6.45) is 7.66. The van der Waals surface area contributed by atoms with Gasteiger partial charge in [0.1, 0.15) is 0 Å². The van der Waals surface area contributed by atoms with Gasteiger partial charge in [-0.1, -0.05) is 26.7 Å². The molecule has 4 atom stereocenters. The lowest BCUT2D eigenvalue weighted by Gasteiger charge is -2.14. The Bertz CT molecular complexity index is 346. The van der Waals surface area contributed by atoms with E-state index in [0.29, 0.717) is 51.4 Å². The summed E-state index contributed by atoms with van der Waals surface area (Å²) in [5.74, 6) is 1.13. The maximum absolute atomic E-state index is 9.91. The number of hydrogen-bond acceptors (Lipinski definition) is 8. The molecule has 4 unspecified atom stereocenters. The van der Waals surface area contributed by atoms with Crippen LogP contribution in [-0.2, 0) is 9.47 Å². The molecule has 0 aromatic rings. The van der Waals surface area contributed by atoms with Gasteiger partial charge in [0.2, 0.25) is 0 Å². The molecule has 0 aliphatic carbocycles. The molecule has 0 aromatic carbocycles. The van der Waals surface area contributed by atoms with Gasteiger partial charge in [-0.3, -0.25) is 0 Å². The summed E-state index contributed by atoms with van der Waals surface area (Å²) in [6, 6.07) is 0. The van der Waals surface area contributed by atoms with Crippen molar-refractivity contribution < 1.29 is 19.7 Å². The summed E-state index contributed by atoms with van der Waals surface area (Å²) in [6.45, 7) is 10.9.